The summed E-state index contributed by atoms with van der Waals surface area (Å²) in [4.78, 5) is 31.6. The average molecular weight is 627 g/mol. The molecule has 9 nitrogen and oxygen atoms in total. The fourth-order valence-electron chi connectivity index (χ4n) is 5.59. The minimum atomic E-state index is -4.96. The van der Waals surface area contributed by atoms with Crippen LogP contribution in [0, 0.1) is 12.8 Å². The first-order valence-corrected chi connectivity index (χ1v) is 15.0. The third kappa shape index (κ3) is 6.06. The monoisotopic (exact) mass is 626 g/mol. The number of piperidine rings is 1. The van der Waals surface area contributed by atoms with Crippen LogP contribution in [-0.2, 0) is 17.6 Å². The summed E-state index contributed by atoms with van der Waals surface area (Å²) >= 11 is 1.41. The second kappa shape index (κ2) is 11.7. The van der Waals surface area contributed by atoms with Crippen molar-refractivity contribution in [1.82, 2.24) is 19.7 Å². The van der Waals surface area contributed by atoms with E-state index >= 15 is 0 Å². The van der Waals surface area contributed by atoms with E-state index in [0.29, 0.717) is 46.7 Å². The molecule has 0 bridgehead atoms. The molecule has 1 saturated carbocycles. The Morgan fingerprint density at radius 3 is 2.52 bits per heavy atom. The van der Waals surface area contributed by atoms with Crippen LogP contribution in [-0.4, -0.2) is 60.9 Å². The molecule has 2 unspecified atom stereocenters. The number of ether oxygens (including phenoxy) is 1. The highest BCUT2D eigenvalue weighted by Crippen LogP contribution is 2.37. The van der Waals surface area contributed by atoms with Gasteiger partial charge in [-0.05, 0) is 62.1 Å². The molecule has 2 fully saturated rings. The normalized spacial score (nSPS) is 18.8. The molecule has 0 spiro atoms. The summed E-state index contributed by atoms with van der Waals surface area (Å²) in [5, 5.41) is 23.7. The van der Waals surface area contributed by atoms with Gasteiger partial charge in [0.25, 0.3) is 0 Å². The number of β-amino-alcohol motifs (C(OH)–C–C–N with tert-alkyl or cyclic N) is 1. The fraction of sp³-hybridized carbons (Fsp3) is 0.355. The van der Waals surface area contributed by atoms with Crippen LogP contribution >= 0.6 is 11.3 Å². The van der Waals surface area contributed by atoms with Gasteiger partial charge in [-0.25, -0.2) is 14.5 Å². The Morgan fingerprint density at radius 1 is 1.11 bits per heavy atom. The van der Waals surface area contributed by atoms with E-state index in [1.54, 1.807) is 17.0 Å². The molecule has 44 heavy (non-hydrogen) atoms. The Labute approximate surface area is 254 Å². The van der Waals surface area contributed by atoms with Crippen molar-refractivity contribution >= 4 is 23.2 Å². The summed E-state index contributed by atoms with van der Waals surface area (Å²) < 4.78 is 47.9. The van der Waals surface area contributed by atoms with Crippen molar-refractivity contribution in [1.29, 1.82) is 0 Å². The number of likely N-dealkylation sites (tertiary alicyclic amines) is 1. The number of amides is 1. The quantitative estimate of drug-likeness (QED) is 0.258. The van der Waals surface area contributed by atoms with Crippen molar-refractivity contribution in [3.8, 4) is 22.1 Å². The highest BCUT2D eigenvalue weighted by Gasteiger charge is 2.41. The van der Waals surface area contributed by atoms with Gasteiger partial charge in [0.1, 0.15) is 17.9 Å². The number of aliphatic hydroxyl groups excluding tert-OH is 1. The number of benzene rings is 1. The topological polar surface area (TPSA) is 118 Å². The lowest BCUT2D eigenvalue weighted by Crippen LogP contribution is -2.46. The van der Waals surface area contributed by atoms with E-state index < -0.39 is 29.5 Å². The van der Waals surface area contributed by atoms with E-state index in [4.69, 9.17) is 4.74 Å². The highest BCUT2D eigenvalue weighted by molar-refractivity contribution is 7.15. The Hall–Kier alpha value is -4.23. The predicted molar refractivity (Wildman–Crippen MR) is 155 cm³/mol. The second-order valence-electron chi connectivity index (χ2n) is 11.1. The molecule has 230 valence electrons. The summed E-state index contributed by atoms with van der Waals surface area (Å²) in [6.07, 6.45) is -2.36. The Balaban J connectivity index is 1.16. The summed E-state index contributed by atoms with van der Waals surface area (Å²) in [6.45, 7) is 3.05. The summed E-state index contributed by atoms with van der Waals surface area (Å²) in [5.41, 5.74) is -0.212. The van der Waals surface area contributed by atoms with Crippen LogP contribution in [0.3, 0.4) is 0 Å². The number of carboxylic acids is 1. The zero-order valence-electron chi connectivity index (χ0n) is 23.6. The number of hydrogen-bond donors (Lipinski definition) is 2. The lowest BCUT2D eigenvalue weighted by atomic mass is 9.87. The van der Waals surface area contributed by atoms with Gasteiger partial charge in [-0.2, -0.15) is 18.3 Å². The number of aryl methyl sites for hydroxylation is 1. The van der Waals surface area contributed by atoms with Gasteiger partial charge >= 0.3 is 12.1 Å². The van der Waals surface area contributed by atoms with Crippen molar-refractivity contribution in [3.63, 3.8) is 0 Å². The molecule has 1 saturated heterocycles. The number of aliphatic hydroxyl groups is 1. The van der Waals surface area contributed by atoms with Crippen molar-refractivity contribution in [2.75, 3.05) is 13.1 Å². The van der Waals surface area contributed by atoms with Crippen LogP contribution in [0.25, 0.3) is 16.4 Å². The van der Waals surface area contributed by atoms with Gasteiger partial charge in [0.05, 0.1) is 22.9 Å². The molecule has 1 amide bonds. The minimum Gasteiger partial charge on any atom is -0.489 e. The van der Waals surface area contributed by atoms with Crippen molar-refractivity contribution in [2.45, 2.75) is 51.0 Å². The maximum Gasteiger partial charge on any atom is 0.434 e. The number of pyridine rings is 1. The average Bonchev–Trinajstić information content (AvgIpc) is 3.61. The van der Waals surface area contributed by atoms with E-state index in [1.165, 1.54) is 17.4 Å². The molecule has 2 N–H and O–H groups in total. The smallest absolute Gasteiger partial charge is 0.434 e. The lowest BCUT2D eigenvalue weighted by Gasteiger charge is -2.36. The van der Waals surface area contributed by atoms with E-state index in [1.807, 2.05) is 37.3 Å². The molecule has 2 atom stereocenters. The number of carbonyl (C=O) groups excluding carboxylic acids is 1. The van der Waals surface area contributed by atoms with Crippen LogP contribution in [0.1, 0.15) is 57.2 Å². The van der Waals surface area contributed by atoms with E-state index in [-0.39, 0.29) is 30.2 Å². The maximum absolute atomic E-state index is 13.8. The van der Waals surface area contributed by atoms with Crippen LogP contribution in [0.15, 0.2) is 54.7 Å². The van der Waals surface area contributed by atoms with Crippen molar-refractivity contribution in [3.05, 3.63) is 82.0 Å². The van der Waals surface area contributed by atoms with Gasteiger partial charge < -0.3 is 19.8 Å². The van der Waals surface area contributed by atoms with E-state index in [2.05, 4.69) is 10.1 Å². The van der Waals surface area contributed by atoms with Crippen molar-refractivity contribution in [2.24, 2.45) is 5.92 Å². The Morgan fingerprint density at radius 2 is 1.86 bits per heavy atom. The predicted octanol–water partition coefficient (Wildman–Crippen LogP) is 5.69. The van der Waals surface area contributed by atoms with Crippen LogP contribution < -0.4 is 4.74 Å². The standard InChI is InChI=1S/C31H29F3N4O5S/c1-17-13-20(16-43-21-9-7-18(8-10-21)22-11-12-37(15-25(22)39)29(40)19-5-6-19)27(44-17)24-3-2-4-26(36-24)38-28(31(32,33)34)23(14-35-38)30(41)42/h2-4,7-10,13-14,19,22,25,39H,5-6,11-12,15-16H2,1H3,(H,41,42). The molecular formula is C31H29F3N4O5S. The number of aromatic carboxylic acids is 1. The number of rotatable bonds is 8. The van der Waals surface area contributed by atoms with Gasteiger partial charge in [-0.3, -0.25) is 4.79 Å². The molecule has 4 aromatic rings. The van der Waals surface area contributed by atoms with Crippen molar-refractivity contribution < 1.29 is 37.7 Å². The number of carbonyl (C=O) groups is 2. The first kappa shape index (κ1) is 29.8. The summed E-state index contributed by atoms with van der Waals surface area (Å²) in [5.74, 6) is -1.09. The molecule has 2 aliphatic rings. The third-order valence-corrected chi connectivity index (χ3v) is 9.02. The van der Waals surface area contributed by atoms with Gasteiger partial charge in [0.15, 0.2) is 11.5 Å². The largest absolute Gasteiger partial charge is 0.489 e. The van der Waals surface area contributed by atoms with Crippen LogP contribution in [0.2, 0.25) is 0 Å². The molecule has 4 heterocycles. The number of alkyl halides is 3. The zero-order chi connectivity index (χ0) is 31.2. The number of nitrogens with zero attached hydrogens (tertiary/aromatic N) is 4. The third-order valence-electron chi connectivity index (χ3n) is 7.91. The first-order chi connectivity index (χ1) is 21.0. The van der Waals surface area contributed by atoms with Gasteiger partial charge in [-0.1, -0.05) is 18.2 Å². The van der Waals surface area contributed by atoms with E-state index in [9.17, 15) is 33.0 Å². The minimum absolute atomic E-state index is 0.0731. The Bertz CT molecular complexity index is 1700. The fourth-order valence-corrected chi connectivity index (χ4v) is 6.58. The molecule has 1 aliphatic carbocycles. The molecule has 3 aromatic heterocycles. The second-order valence-corrected chi connectivity index (χ2v) is 12.3. The summed E-state index contributed by atoms with van der Waals surface area (Å²) in [7, 11) is 0. The molecule has 13 heteroatoms. The van der Waals surface area contributed by atoms with E-state index in [0.717, 1.165) is 28.8 Å². The number of halogens is 3. The van der Waals surface area contributed by atoms with Gasteiger partial charge in [-0.15, -0.1) is 11.3 Å². The number of hydrogen-bond acceptors (Lipinski definition) is 7. The first-order valence-electron chi connectivity index (χ1n) is 14.1. The Kier molecular flexibility index (Phi) is 7.93. The molecule has 6 rings (SSSR count). The van der Waals surface area contributed by atoms with Gasteiger partial charge in [0.2, 0.25) is 5.91 Å². The highest BCUT2D eigenvalue weighted by atomic mass is 32.1. The van der Waals surface area contributed by atoms with Crippen LogP contribution in [0.4, 0.5) is 13.2 Å². The molecular weight excluding hydrogens is 597 g/mol. The molecule has 0 radical (unpaired) electrons. The SMILES string of the molecule is Cc1cc(COc2ccc(C3CCN(C(=O)C4CC4)CC3O)cc2)c(-c2cccc(-n3ncc(C(=O)O)c3C(F)(F)F)n2)s1. The van der Waals surface area contributed by atoms with Gasteiger partial charge in [0, 0.05) is 35.4 Å². The lowest BCUT2D eigenvalue weighted by molar-refractivity contribution is -0.143. The number of aromatic nitrogens is 3. The summed E-state index contributed by atoms with van der Waals surface area (Å²) in [6, 6.07) is 14.0. The zero-order valence-corrected chi connectivity index (χ0v) is 24.4. The molecule has 1 aromatic carbocycles. The number of thiophene rings is 1. The van der Waals surface area contributed by atoms with Crippen LogP contribution in [0.5, 0.6) is 5.75 Å². The number of carboxylic acid groups (broad SMARTS) is 1. The maximum atomic E-state index is 13.8. The molecule has 1 aliphatic heterocycles.